The second-order valence-corrected chi connectivity index (χ2v) is 5.11. The number of carbonyl (C=O) groups excluding carboxylic acids is 1. The molecule has 21 heavy (non-hydrogen) atoms. The molecule has 0 fully saturated rings. The van der Waals surface area contributed by atoms with E-state index in [0.29, 0.717) is 29.9 Å². The first-order valence-corrected chi connectivity index (χ1v) is 6.69. The Kier molecular flexibility index (Phi) is 3.25. The zero-order valence-electron chi connectivity index (χ0n) is 11.6. The molecule has 1 amide bonds. The number of benzene rings is 2. The largest absolute Gasteiger partial charge is 0.455 e. The maximum Gasteiger partial charge on any atom is 0.224 e. The lowest BCUT2D eigenvalue weighted by molar-refractivity contribution is -0.116. The lowest BCUT2D eigenvalue weighted by Gasteiger charge is -2.18. The molecule has 0 aromatic heterocycles. The number of fused-ring (bicyclic) bond motifs is 1. The van der Waals surface area contributed by atoms with Gasteiger partial charge < -0.3 is 15.8 Å². The molecule has 1 aliphatic heterocycles. The lowest BCUT2D eigenvalue weighted by Crippen LogP contribution is -2.18. The fourth-order valence-corrected chi connectivity index (χ4v) is 2.31. The number of anilines is 2. The number of rotatable bonds is 2. The Morgan fingerprint density at radius 3 is 2.86 bits per heavy atom. The number of ether oxygens (including phenoxy) is 1. The van der Waals surface area contributed by atoms with Gasteiger partial charge in [-0.1, -0.05) is 0 Å². The highest BCUT2D eigenvalue weighted by Gasteiger charge is 2.15. The first kappa shape index (κ1) is 13.4. The van der Waals surface area contributed by atoms with Gasteiger partial charge in [0.05, 0.1) is 5.69 Å². The molecular weight excluding hydrogens is 271 g/mol. The third-order valence-electron chi connectivity index (χ3n) is 3.49. The van der Waals surface area contributed by atoms with Crippen molar-refractivity contribution in [1.82, 2.24) is 0 Å². The summed E-state index contributed by atoms with van der Waals surface area (Å²) in [4.78, 5) is 11.3. The van der Waals surface area contributed by atoms with Crippen LogP contribution in [0.1, 0.15) is 17.5 Å². The molecule has 0 bridgehead atoms. The van der Waals surface area contributed by atoms with Crippen LogP contribution in [0.4, 0.5) is 15.8 Å². The van der Waals surface area contributed by atoms with Crippen molar-refractivity contribution in [2.75, 3.05) is 11.1 Å². The normalized spacial score (nSPS) is 13.5. The Hall–Kier alpha value is -2.56. The third kappa shape index (κ3) is 2.67. The van der Waals surface area contributed by atoms with Crippen LogP contribution in [0.25, 0.3) is 0 Å². The third-order valence-corrected chi connectivity index (χ3v) is 3.49. The molecule has 4 nitrogen and oxygen atoms in total. The van der Waals surface area contributed by atoms with Gasteiger partial charge in [-0.15, -0.1) is 0 Å². The van der Waals surface area contributed by atoms with E-state index in [-0.39, 0.29) is 17.4 Å². The summed E-state index contributed by atoms with van der Waals surface area (Å²) in [6.45, 7) is 1.66. The molecule has 0 atom stereocenters. The van der Waals surface area contributed by atoms with Crippen LogP contribution in [0.2, 0.25) is 0 Å². The standard InChI is InChI=1S/C16H15FN2O2/c1-9-6-15(13(18)8-12(9)17)21-11-3-4-14-10(7-11)2-5-16(20)19-14/h3-4,6-8H,2,5,18H2,1H3,(H,19,20). The Morgan fingerprint density at radius 1 is 1.24 bits per heavy atom. The van der Waals surface area contributed by atoms with Crippen molar-refractivity contribution in [2.24, 2.45) is 0 Å². The number of hydrogen-bond donors (Lipinski definition) is 2. The van der Waals surface area contributed by atoms with Gasteiger partial charge in [-0.2, -0.15) is 0 Å². The van der Waals surface area contributed by atoms with Gasteiger partial charge in [-0.05, 0) is 48.7 Å². The van der Waals surface area contributed by atoms with E-state index in [4.69, 9.17) is 10.5 Å². The molecule has 1 heterocycles. The molecule has 0 radical (unpaired) electrons. The molecule has 0 aliphatic carbocycles. The molecule has 1 aliphatic rings. The minimum Gasteiger partial charge on any atom is -0.455 e. The average molecular weight is 286 g/mol. The summed E-state index contributed by atoms with van der Waals surface area (Å²) in [6.07, 6.45) is 1.14. The molecule has 0 saturated heterocycles. The zero-order chi connectivity index (χ0) is 15.0. The summed E-state index contributed by atoms with van der Waals surface area (Å²) in [7, 11) is 0. The quantitative estimate of drug-likeness (QED) is 0.832. The zero-order valence-corrected chi connectivity index (χ0v) is 11.6. The molecule has 5 heteroatoms. The summed E-state index contributed by atoms with van der Waals surface area (Å²) in [5.74, 6) is 0.707. The fourth-order valence-electron chi connectivity index (χ4n) is 2.31. The molecule has 0 unspecified atom stereocenters. The number of amides is 1. The van der Waals surface area contributed by atoms with Crippen LogP contribution in [0.15, 0.2) is 30.3 Å². The maximum absolute atomic E-state index is 13.4. The van der Waals surface area contributed by atoms with Crippen LogP contribution in [-0.4, -0.2) is 5.91 Å². The number of halogens is 1. The van der Waals surface area contributed by atoms with Crippen LogP contribution >= 0.6 is 0 Å². The summed E-state index contributed by atoms with van der Waals surface area (Å²) in [5, 5.41) is 2.81. The van der Waals surface area contributed by atoms with E-state index < -0.39 is 0 Å². The number of nitrogen functional groups attached to an aromatic ring is 1. The van der Waals surface area contributed by atoms with Gasteiger partial charge in [0.2, 0.25) is 5.91 Å². The van der Waals surface area contributed by atoms with E-state index >= 15 is 0 Å². The second-order valence-electron chi connectivity index (χ2n) is 5.11. The van der Waals surface area contributed by atoms with E-state index in [1.165, 1.54) is 6.07 Å². The summed E-state index contributed by atoms with van der Waals surface area (Å²) in [6, 6.07) is 8.25. The maximum atomic E-state index is 13.4. The number of aryl methyl sites for hydroxylation is 2. The van der Waals surface area contributed by atoms with Crippen molar-refractivity contribution in [1.29, 1.82) is 0 Å². The smallest absolute Gasteiger partial charge is 0.224 e. The first-order valence-electron chi connectivity index (χ1n) is 6.69. The van der Waals surface area contributed by atoms with Crippen LogP contribution in [0.3, 0.4) is 0 Å². The van der Waals surface area contributed by atoms with E-state index in [0.717, 1.165) is 11.3 Å². The Morgan fingerprint density at radius 2 is 2.05 bits per heavy atom. The Balaban J connectivity index is 1.89. The topological polar surface area (TPSA) is 64.3 Å². The summed E-state index contributed by atoms with van der Waals surface area (Å²) in [5.41, 5.74) is 8.33. The molecule has 2 aromatic carbocycles. The predicted octanol–water partition coefficient (Wildman–Crippen LogP) is 3.39. The minimum absolute atomic E-state index is 0.0228. The second kappa shape index (κ2) is 5.09. The Labute approximate surface area is 121 Å². The Bertz CT molecular complexity index is 728. The lowest BCUT2D eigenvalue weighted by atomic mass is 10.0. The highest BCUT2D eigenvalue weighted by atomic mass is 19.1. The first-order chi connectivity index (χ1) is 10.0. The molecule has 3 rings (SSSR count). The number of carbonyl (C=O) groups is 1. The highest BCUT2D eigenvalue weighted by molar-refractivity contribution is 5.94. The molecule has 2 aromatic rings. The van der Waals surface area contributed by atoms with Gasteiger partial charge in [-0.25, -0.2) is 4.39 Å². The molecule has 108 valence electrons. The highest BCUT2D eigenvalue weighted by Crippen LogP contribution is 2.33. The van der Waals surface area contributed by atoms with Crippen molar-refractivity contribution in [2.45, 2.75) is 19.8 Å². The van der Waals surface area contributed by atoms with Crippen molar-refractivity contribution >= 4 is 17.3 Å². The number of nitrogens with two attached hydrogens (primary N) is 1. The number of hydrogen-bond acceptors (Lipinski definition) is 3. The minimum atomic E-state index is -0.354. The van der Waals surface area contributed by atoms with Gasteiger partial charge in [-0.3, -0.25) is 4.79 Å². The molecular formula is C16H15FN2O2. The van der Waals surface area contributed by atoms with Gasteiger partial charge in [0.25, 0.3) is 0 Å². The van der Waals surface area contributed by atoms with Crippen LogP contribution in [-0.2, 0) is 11.2 Å². The van der Waals surface area contributed by atoms with Gasteiger partial charge in [0, 0.05) is 18.2 Å². The van der Waals surface area contributed by atoms with E-state index in [2.05, 4.69) is 5.32 Å². The van der Waals surface area contributed by atoms with E-state index in [1.54, 1.807) is 25.1 Å². The number of nitrogens with one attached hydrogen (secondary N) is 1. The monoisotopic (exact) mass is 286 g/mol. The van der Waals surface area contributed by atoms with E-state index in [1.807, 2.05) is 6.07 Å². The predicted molar refractivity (Wildman–Crippen MR) is 79.0 cm³/mol. The van der Waals surface area contributed by atoms with Crippen molar-refractivity contribution < 1.29 is 13.9 Å². The van der Waals surface area contributed by atoms with Gasteiger partial charge in [0.15, 0.2) is 5.75 Å². The van der Waals surface area contributed by atoms with Crippen LogP contribution in [0.5, 0.6) is 11.5 Å². The van der Waals surface area contributed by atoms with Crippen molar-refractivity contribution in [3.63, 3.8) is 0 Å². The summed E-state index contributed by atoms with van der Waals surface area (Å²) >= 11 is 0. The van der Waals surface area contributed by atoms with Crippen LogP contribution in [0, 0.1) is 12.7 Å². The SMILES string of the molecule is Cc1cc(Oc2ccc3c(c2)CCC(=O)N3)c(N)cc1F. The molecule has 0 saturated carbocycles. The van der Waals surface area contributed by atoms with Crippen molar-refractivity contribution in [3.8, 4) is 11.5 Å². The van der Waals surface area contributed by atoms with Crippen LogP contribution < -0.4 is 15.8 Å². The summed E-state index contributed by atoms with van der Waals surface area (Å²) < 4.78 is 19.1. The molecule has 0 spiro atoms. The fraction of sp³-hybridized carbons (Fsp3) is 0.188. The molecule has 3 N–H and O–H groups in total. The average Bonchev–Trinajstić information content (AvgIpc) is 2.45. The van der Waals surface area contributed by atoms with Gasteiger partial charge in [0.1, 0.15) is 11.6 Å². The van der Waals surface area contributed by atoms with Crippen molar-refractivity contribution in [3.05, 3.63) is 47.3 Å². The van der Waals surface area contributed by atoms with Gasteiger partial charge >= 0.3 is 0 Å². The van der Waals surface area contributed by atoms with E-state index in [9.17, 15) is 9.18 Å².